The second-order valence-electron chi connectivity index (χ2n) is 5.92. The van der Waals surface area contributed by atoms with Crippen molar-refractivity contribution in [3.8, 4) is 5.75 Å². The van der Waals surface area contributed by atoms with Gasteiger partial charge in [-0.25, -0.2) is 4.39 Å². The Kier molecular flexibility index (Phi) is 3.61. The summed E-state index contributed by atoms with van der Waals surface area (Å²) in [6.45, 7) is 0.555. The first-order valence-corrected chi connectivity index (χ1v) is 7.42. The van der Waals surface area contributed by atoms with E-state index in [2.05, 4.69) is 0 Å². The van der Waals surface area contributed by atoms with Crippen LogP contribution in [-0.2, 0) is 0 Å². The molecule has 0 aromatic heterocycles. The molecule has 5 heteroatoms. The predicted molar refractivity (Wildman–Crippen MR) is 75.8 cm³/mol. The van der Waals surface area contributed by atoms with E-state index in [4.69, 9.17) is 4.74 Å². The molecule has 0 bridgehead atoms. The molecule has 1 atom stereocenters. The Balaban J connectivity index is 1.91. The van der Waals surface area contributed by atoms with Gasteiger partial charge < -0.3 is 14.7 Å². The van der Waals surface area contributed by atoms with Crippen LogP contribution in [-0.4, -0.2) is 41.2 Å². The van der Waals surface area contributed by atoms with Gasteiger partial charge in [-0.2, -0.15) is 0 Å². The lowest BCUT2D eigenvalue weighted by Gasteiger charge is -2.37. The number of aliphatic hydroxyl groups excluding tert-OH is 1. The fourth-order valence-electron chi connectivity index (χ4n) is 3.77. The van der Waals surface area contributed by atoms with Crippen molar-refractivity contribution in [1.29, 1.82) is 0 Å². The van der Waals surface area contributed by atoms with Gasteiger partial charge >= 0.3 is 0 Å². The van der Waals surface area contributed by atoms with E-state index in [0.29, 0.717) is 18.5 Å². The zero-order chi connectivity index (χ0) is 15.0. The van der Waals surface area contributed by atoms with E-state index in [0.717, 1.165) is 25.7 Å². The van der Waals surface area contributed by atoms with Crippen LogP contribution in [0.25, 0.3) is 0 Å². The lowest BCUT2D eigenvalue weighted by atomic mass is 9.91. The van der Waals surface area contributed by atoms with Crippen LogP contribution >= 0.6 is 0 Å². The summed E-state index contributed by atoms with van der Waals surface area (Å²) < 4.78 is 18.4. The Morgan fingerprint density at radius 2 is 2.14 bits per heavy atom. The third-order valence-electron chi connectivity index (χ3n) is 4.90. The van der Waals surface area contributed by atoms with Gasteiger partial charge in [0.2, 0.25) is 0 Å². The number of rotatable bonds is 2. The molecule has 1 amide bonds. The maximum absolute atomic E-state index is 13.5. The van der Waals surface area contributed by atoms with Crippen LogP contribution in [0.4, 0.5) is 4.39 Å². The standard InChI is InChI=1S/C16H20FNO3/c1-21-13-10-11(4-5-12(13)17)15(20)18-9-6-14(19)16(18)7-2-3-8-16/h4-5,10,14,19H,2-3,6-9H2,1H3. The zero-order valence-electron chi connectivity index (χ0n) is 12.1. The number of benzene rings is 1. The summed E-state index contributed by atoms with van der Waals surface area (Å²) in [7, 11) is 1.38. The normalized spacial score (nSPS) is 23.8. The lowest BCUT2D eigenvalue weighted by Crippen LogP contribution is -2.50. The van der Waals surface area contributed by atoms with Gasteiger partial charge in [0.25, 0.3) is 5.91 Å². The van der Waals surface area contributed by atoms with E-state index in [1.165, 1.54) is 25.3 Å². The fraction of sp³-hybridized carbons (Fsp3) is 0.562. The summed E-state index contributed by atoms with van der Waals surface area (Å²) in [5.74, 6) is -0.557. The monoisotopic (exact) mass is 293 g/mol. The molecule has 1 aliphatic heterocycles. The Labute approximate surface area is 123 Å². The van der Waals surface area contributed by atoms with Crippen LogP contribution in [0.2, 0.25) is 0 Å². The smallest absolute Gasteiger partial charge is 0.254 e. The Hall–Kier alpha value is -1.62. The predicted octanol–water partition coefficient (Wildman–Crippen LogP) is 2.35. The molecule has 1 aromatic rings. The highest BCUT2D eigenvalue weighted by Gasteiger charge is 2.51. The van der Waals surface area contributed by atoms with Gasteiger partial charge in [0, 0.05) is 12.1 Å². The number of methoxy groups -OCH3 is 1. The minimum atomic E-state index is -0.480. The quantitative estimate of drug-likeness (QED) is 0.910. The molecule has 2 fully saturated rings. The maximum Gasteiger partial charge on any atom is 0.254 e. The van der Waals surface area contributed by atoms with E-state index >= 15 is 0 Å². The van der Waals surface area contributed by atoms with Crippen LogP contribution in [0.15, 0.2) is 18.2 Å². The number of halogens is 1. The number of hydrogen-bond donors (Lipinski definition) is 1. The molecule has 1 heterocycles. The van der Waals surface area contributed by atoms with Crippen molar-refractivity contribution < 1.29 is 19.0 Å². The van der Waals surface area contributed by atoms with Crippen molar-refractivity contribution in [1.82, 2.24) is 4.90 Å². The molecular formula is C16H20FNO3. The van der Waals surface area contributed by atoms with Crippen LogP contribution in [0, 0.1) is 5.82 Å². The molecule has 1 saturated heterocycles. The van der Waals surface area contributed by atoms with Crippen molar-refractivity contribution in [3.63, 3.8) is 0 Å². The van der Waals surface area contributed by atoms with Crippen molar-refractivity contribution in [2.24, 2.45) is 0 Å². The molecule has 1 spiro atoms. The van der Waals surface area contributed by atoms with Crippen molar-refractivity contribution in [2.75, 3.05) is 13.7 Å². The summed E-state index contributed by atoms with van der Waals surface area (Å²) in [5, 5.41) is 10.3. The molecule has 4 nitrogen and oxygen atoms in total. The average molecular weight is 293 g/mol. The summed E-state index contributed by atoms with van der Waals surface area (Å²) in [5.41, 5.74) is -0.00719. The number of carbonyl (C=O) groups excluding carboxylic acids is 1. The summed E-state index contributed by atoms with van der Waals surface area (Å²) in [6, 6.07) is 4.17. The average Bonchev–Trinajstić information content (AvgIpc) is 3.09. The minimum absolute atomic E-state index is 0.0704. The van der Waals surface area contributed by atoms with Crippen LogP contribution < -0.4 is 4.74 Å². The van der Waals surface area contributed by atoms with Crippen molar-refractivity contribution >= 4 is 5.91 Å². The molecule has 21 heavy (non-hydrogen) atoms. The molecule has 2 aliphatic rings. The molecule has 1 N–H and O–H groups in total. The zero-order valence-corrected chi connectivity index (χ0v) is 12.1. The van der Waals surface area contributed by atoms with Crippen molar-refractivity contribution in [2.45, 2.75) is 43.7 Å². The highest BCUT2D eigenvalue weighted by atomic mass is 19.1. The van der Waals surface area contributed by atoms with Gasteiger partial charge in [-0.1, -0.05) is 12.8 Å². The van der Waals surface area contributed by atoms with Gasteiger partial charge in [0.1, 0.15) is 0 Å². The molecule has 0 radical (unpaired) electrons. The topological polar surface area (TPSA) is 49.8 Å². The Morgan fingerprint density at radius 3 is 2.81 bits per heavy atom. The van der Waals surface area contributed by atoms with Crippen LogP contribution in [0.5, 0.6) is 5.75 Å². The number of likely N-dealkylation sites (tertiary alicyclic amines) is 1. The molecule has 114 valence electrons. The number of ether oxygens (including phenoxy) is 1. The van der Waals surface area contributed by atoms with Gasteiger partial charge in [0.15, 0.2) is 11.6 Å². The fourth-order valence-corrected chi connectivity index (χ4v) is 3.77. The SMILES string of the molecule is COc1cc(C(=O)N2CCC(O)C23CCCC3)ccc1F. The minimum Gasteiger partial charge on any atom is -0.494 e. The summed E-state index contributed by atoms with van der Waals surface area (Å²) >= 11 is 0. The molecule has 3 rings (SSSR count). The highest BCUT2D eigenvalue weighted by molar-refractivity contribution is 5.95. The van der Waals surface area contributed by atoms with E-state index in [1.807, 2.05) is 0 Å². The number of carbonyl (C=O) groups is 1. The van der Waals surface area contributed by atoms with Crippen molar-refractivity contribution in [3.05, 3.63) is 29.6 Å². The largest absolute Gasteiger partial charge is 0.494 e. The first kappa shape index (κ1) is 14.3. The molecule has 1 aromatic carbocycles. The number of aliphatic hydroxyl groups is 1. The molecular weight excluding hydrogens is 273 g/mol. The third-order valence-corrected chi connectivity index (χ3v) is 4.90. The second-order valence-corrected chi connectivity index (χ2v) is 5.92. The van der Waals surface area contributed by atoms with E-state index in [1.54, 1.807) is 4.90 Å². The Morgan fingerprint density at radius 1 is 1.43 bits per heavy atom. The molecule has 1 saturated carbocycles. The summed E-state index contributed by atoms with van der Waals surface area (Å²) in [4.78, 5) is 14.6. The maximum atomic E-state index is 13.5. The molecule has 1 aliphatic carbocycles. The van der Waals surface area contributed by atoms with Crippen LogP contribution in [0.3, 0.4) is 0 Å². The Bertz CT molecular complexity index is 554. The number of nitrogens with zero attached hydrogens (tertiary/aromatic N) is 1. The van der Waals surface area contributed by atoms with Gasteiger partial charge in [-0.15, -0.1) is 0 Å². The first-order chi connectivity index (χ1) is 10.1. The van der Waals surface area contributed by atoms with E-state index < -0.39 is 17.5 Å². The van der Waals surface area contributed by atoms with Gasteiger partial charge in [-0.05, 0) is 37.5 Å². The third kappa shape index (κ3) is 2.20. The lowest BCUT2D eigenvalue weighted by molar-refractivity contribution is 0.0260. The van der Waals surface area contributed by atoms with Crippen LogP contribution in [0.1, 0.15) is 42.5 Å². The highest BCUT2D eigenvalue weighted by Crippen LogP contribution is 2.44. The van der Waals surface area contributed by atoms with E-state index in [-0.39, 0.29) is 11.7 Å². The van der Waals surface area contributed by atoms with E-state index in [9.17, 15) is 14.3 Å². The molecule has 1 unspecified atom stereocenters. The van der Waals surface area contributed by atoms with Gasteiger partial charge in [-0.3, -0.25) is 4.79 Å². The number of hydrogen-bond acceptors (Lipinski definition) is 3. The first-order valence-electron chi connectivity index (χ1n) is 7.42. The number of amides is 1. The van der Waals surface area contributed by atoms with Gasteiger partial charge in [0.05, 0.1) is 18.8 Å². The summed E-state index contributed by atoms with van der Waals surface area (Å²) in [6.07, 6.45) is 3.92. The second kappa shape index (κ2) is 5.30.